The lowest BCUT2D eigenvalue weighted by Gasteiger charge is -2.26. The fourth-order valence-corrected chi connectivity index (χ4v) is 4.75. The standard InChI is InChI=1S/C18H28N2OS2/c1-4-19(5-2)12-7-13-20-17(21)14-23-18(20)15-8-10-16(11-9-15)22-6-3/h8-11,18H,4-7,12-14H2,1-3H3. The molecule has 128 valence electrons. The maximum atomic E-state index is 12.2. The molecule has 0 bridgehead atoms. The second-order valence-corrected chi connectivity index (χ2v) is 8.04. The Labute approximate surface area is 149 Å². The number of hydrogen-bond donors (Lipinski definition) is 0. The first-order valence-corrected chi connectivity index (χ1v) is 10.6. The van der Waals surface area contributed by atoms with Crippen LogP contribution in [-0.4, -0.2) is 53.4 Å². The lowest BCUT2D eigenvalue weighted by atomic mass is 10.2. The quantitative estimate of drug-likeness (QED) is 0.624. The molecule has 1 atom stereocenters. The van der Waals surface area contributed by atoms with Crippen LogP contribution >= 0.6 is 23.5 Å². The molecule has 0 N–H and O–H groups in total. The van der Waals surface area contributed by atoms with Crippen LogP contribution in [0.1, 0.15) is 38.1 Å². The third kappa shape index (κ3) is 5.16. The minimum atomic E-state index is 0.194. The number of amides is 1. The Morgan fingerprint density at radius 1 is 1.22 bits per heavy atom. The van der Waals surface area contributed by atoms with Crippen molar-refractivity contribution in [1.82, 2.24) is 9.80 Å². The molecule has 0 aliphatic carbocycles. The summed E-state index contributed by atoms with van der Waals surface area (Å²) in [4.78, 5) is 18.0. The third-order valence-corrected chi connectivity index (χ3v) is 6.36. The highest BCUT2D eigenvalue weighted by Crippen LogP contribution is 2.39. The van der Waals surface area contributed by atoms with Gasteiger partial charge >= 0.3 is 0 Å². The molecule has 2 rings (SSSR count). The number of carbonyl (C=O) groups is 1. The number of carbonyl (C=O) groups excluding carboxylic acids is 1. The molecule has 0 aromatic heterocycles. The van der Waals surface area contributed by atoms with Gasteiger partial charge in [-0.2, -0.15) is 0 Å². The molecule has 0 saturated carbocycles. The van der Waals surface area contributed by atoms with Gasteiger partial charge < -0.3 is 9.80 Å². The van der Waals surface area contributed by atoms with Crippen molar-refractivity contribution in [2.24, 2.45) is 0 Å². The van der Waals surface area contributed by atoms with E-state index in [1.54, 1.807) is 11.8 Å². The van der Waals surface area contributed by atoms with Gasteiger partial charge in [-0.25, -0.2) is 0 Å². The van der Waals surface area contributed by atoms with Crippen molar-refractivity contribution in [3.05, 3.63) is 29.8 Å². The SMILES string of the molecule is CCSc1ccc(C2SCC(=O)N2CCCN(CC)CC)cc1. The second kappa shape index (κ2) is 9.60. The highest BCUT2D eigenvalue weighted by molar-refractivity contribution is 8.00. The first-order valence-electron chi connectivity index (χ1n) is 8.55. The van der Waals surface area contributed by atoms with Crippen molar-refractivity contribution in [3.8, 4) is 0 Å². The van der Waals surface area contributed by atoms with E-state index < -0.39 is 0 Å². The zero-order valence-electron chi connectivity index (χ0n) is 14.5. The number of benzene rings is 1. The van der Waals surface area contributed by atoms with Gasteiger partial charge in [0.15, 0.2) is 0 Å². The molecular formula is C18H28N2OS2. The van der Waals surface area contributed by atoms with Crippen LogP contribution < -0.4 is 0 Å². The van der Waals surface area contributed by atoms with Crippen molar-refractivity contribution >= 4 is 29.4 Å². The van der Waals surface area contributed by atoms with E-state index in [2.05, 4.69) is 54.8 Å². The van der Waals surface area contributed by atoms with E-state index in [-0.39, 0.29) is 11.3 Å². The maximum Gasteiger partial charge on any atom is 0.233 e. The third-order valence-electron chi connectivity index (χ3n) is 4.21. The lowest BCUT2D eigenvalue weighted by Crippen LogP contribution is -2.32. The number of thioether (sulfide) groups is 2. The van der Waals surface area contributed by atoms with Gasteiger partial charge in [0.2, 0.25) is 5.91 Å². The van der Waals surface area contributed by atoms with Gasteiger partial charge in [0.25, 0.3) is 0 Å². The second-order valence-electron chi connectivity index (χ2n) is 5.63. The van der Waals surface area contributed by atoms with Crippen molar-refractivity contribution in [2.75, 3.05) is 37.7 Å². The zero-order chi connectivity index (χ0) is 16.7. The van der Waals surface area contributed by atoms with Crippen molar-refractivity contribution in [2.45, 2.75) is 37.5 Å². The van der Waals surface area contributed by atoms with Crippen LogP contribution in [0.4, 0.5) is 0 Å². The molecule has 1 saturated heterocycles. The number of rotatable bonds is 9. The lowest BCUT2D eigenvalue weighted by molar-refractivity contribution is -0.128. The maximum absolute atomic E-state index is 12.2. The van der Waals surface area contributed by atoms with Crippen LogP contribution in [0.5, 0.6) is 0 Å². The average molecular weight is 353 g/mol. The molecule has 1 aliphatic rings. The Bertz CT molecular complexity index is 488. The zero-order valence-corrected chi connectivity index (χ0v) is 16.1. The summed E-state index contributed by atoms with van der Waals surface area (Å²) >= 11 is 3.61. The average Bonchev–Trinajstić information content (AvgIpc) is 2.94. The highest BCUT2D eigenvalue weighted by Gasteiger charge is 2.32. The molecule has 1 aromatic carbocycles. The Hall–Kier alpha value is -0.650. The Morgan fingerprint density at radius 3 is 2.52 bits per heavy atom. The molecular weight excluding hydrogens is 324 g/mol. The molecule has 1 aromatic rings. The summed E-state index contributed by atoms with van der Waals surface area (Å²) in [6.45, 7) is 10.6. The summed E-state index contributed by atoms with van der Waals surface area (Å²) < 4.78 is 0. The van der Waals surface area contributed by atoms with Gasteiger partial charge in [0.05, 0.1) is 5.75 Å². The van der Waals surface area contributed by atoms with E-state index >= 15 is 0 Å². The smallest absolute Gasteiger partial charge is 0.233 e. The summed E-state index contributed by atoms with van der Waals surface area (Å²) in [5.41, 5.74) is 1.25. The van der Waals surface area contributed by atoms with Gasteiger partial charge in [0.1, 0.15) is 5.37 Å². The minimum absolute atomic E-state index is 0.194. The first-order chi connectivity index (χ1) is 11.2. The Kier molecular flexibility index (Phi) is 7.80. The molecule has 5 heteroatoms. The topological polar surface area (TPSA) is 23.6 Å². The predicted octanol–water partition coefficient (Wildman–Crippen LogP) is 4.10. The van der Waals surface area contributed by atoms with E-state index in [1.807, 2.05) is 11.8 Å². The molecule has 1 fully saturated rings. The molecule has 1 amide bonds. The molecule has 1 heterocycles. The largest absolute Gasteiger partial charge is 0.326 e. The van der Waals surface area contributed by atoms with E-state index in [1.165, 1.54) is 10.5 Å². The van der Waals surface area contributed by atoms with E-state index in [9.17, 15) is 4.79 Å². The van der Waals surface area contributed by atoms with Crippen LogP contribution in [0.15, 0.2) is 29.2 Å². The monoisotopic (exact) mass is 352 g/mol. The molecule has 0 spiro atoms. The number of hydrogen-bond acceptors (Lipinski definition) is 4. The van der Waals surface area contributed by atoms with Crippen LogP contribution in [0, 0.1) is 0 Å². The number of nitrogens with zero attached hydrogens (tertiary/aromatic N) is 2. The van der Waals surface area contributed by atoms with Crippen molar-refractivity contribution in [3.63, 3.8) is 0 Å². The van der Waals surface area contributed by atoms with E-state index in [4.69, 9.17) is 0 Å². The fourth-order valence-electron chi connectivity index (χ4n) is 2.87. The van der Waals surface area contributed by atoms with Crippen molar-refractivity contribution < 1.29 is 4.79 Å². The van der Waals surface area contributed by atoms with E-state index in [0.717, 1.165) is 38.4 Å². The molecule has 0 radical (unpaired) electrons. The normalized spacial score (nSPS) is 18.2. The van der Waals surface area contributed by atoms with Crippen LogP contribution in [0.3, 0.4) is 0 Å². The summed E-state index contributed by atoms with van der Waals surface area (Å²) in [6.07, 6.45) is 1.05. The van der Waals surface area contributed by atoms with Gasteiger partial charge in [-0.05, 0) is 49.5 Å². The van der Waals surface area contributed by atoms with Gasteiger partial charge in [-0.3, -0.25) is 4.79 Å². The highest BCUT2D eigenvalue weighted by atomic mass is 32.2. The molecule has 3 nitrogen and oxygen atoms in total. The summed E-state index contributed by atoms with van der Waals surface area (Å²) in [5.74, 6) is 1.99. The minimum Gasteiger partial charge on any atom is -0.326 e. The van der Waals surface area contributed by atoms with Gasteiger partial charge in [-0.15, -0.1) is 23.5 Å². The molecule has 1 unspecified atom stereocenters. The van der Waals surface area contributed by atoms with Gasteiger partial charge in [-0.1, -0.05) is 32.9 Å². The van der Waals surface area contributed by atoms with Crippen molar-refractivity contribution in [1.29, 1.82) is 0 Å². The Morgan fingerprint density at radius 2 is 1.91 bits per heavy atom. The van der Waals surface area contributed by atoms with Crippen LogP contribution in [0.2, 0.25) is 0 Å². The molecule has 1 aliphatic heterocycles. The predicted molar refractivity (Wildman–Crippen MR) is 102 cm³/mol. The van der Waals surface area contributed by atoms with Gasteiger partial charge in [0, 0.05) is 11.4 Å². The van der Waals surface area contributed by atoms with Crippen LogP contribution in [-0.2, 0) is 4.79 Å². The summed E-state index contributed by atoms with van der Waals surface area (Å²) in [5, 5.41) is 0.194. The first kappa shape index (κ1) is 18.7. The molecule has 23 heavy (non-hydrogen) atoms. The Balaban J connectivity index is 1.95. The fraction of sp³-hybridized carbons (Fsp3) is 0.611. The van der Waals surface area contributed by atoms with Crippen LogP contribution in [0.25, 0.3) is 0 Å². The van der Waals surface area contributed by atoms with E-state index in [0.29, 0.717) is 5.75 Å². The summed E-state index contributed by atoms with van der Waals surface area (Å²) in [6, 6.07) is 8.74. The summed E-state index contributed by atoms with van der Waals surface area (Å²) in [7, 11) is 0.